The number of hydrogen-bond acceptors (Lipinski definition) is 3. The highest BCUT2D eigenvalue weighted by Gasteiger charge is 2.21. The highest BCUT2D eigenvalue weighted by molar-refractivity contribution is 7.80. The van der Waals surface area contributed by atoms with Gasteiger partial charge in [-0.25, -0.2) is 0 Å². The first kappa shape index (κ1) is 23.3. The standard InChI is InChI=1S/C25H23Cl3N2OS/c26-21-9-5-4-8-19(21)17-31-24-22(27)14-20(15-23(24)28)25(32)30-12-10-29(11-13-30)16-18-6-2-1-3-7-18/h1-9,14-15H,10-13,16-17H2. The molecule has 3 aromatic rings. The van der Waals surface area contributed by atoms with Crippen LogP contribution in [0, 0.1) is 0 Å². The molecule has 0 atom stereocenters. The zero-order valence-corrected chi connectivity index (χ0v) is 20.5. The van der Waals surface area contributed by atoms with Gasteiger partial charge in [-0.1, -0.05) is 95.6 Å². The van der Waals surface area contributed by atoms with Crippen molar-refractivity contribution in [1.29, 1.82) is 0 Å². The van der Waals surface area contributed by atoms with Crippen LogP contribution < -0.4 is 4.74 Å². The van der Waals surface area contributed by atoms with Crippen molar-refractivity contribution in [2.45, 2.75) is 13.2 Å². The highest BCUT2D eigenvalue weighted by atomic mass is 35.5. The molecule has 0 bridgehead atoms. The molecule has 0 N–H and O–H groups in total. The first-order valence-corrected chi connectivity index (χ1v) is 12.0. The fourth-order valence-corrected chi connectivity index (χ4v) is 4.81. The number of thiocarbonyl (C=S) groups is 1. The Balaban J connectivity index is 1.37. The smallest absolute Gasteiger partial charge is 0.157 e. The van der Waals surface area contributed by atoms with Gasteiger partial charge in [-0.05, 0) is 23.8 Å². The third-order valence-corrected chi connectivity index (χ3v) is 6.91. The van der Waals surface area contributed by atoms with Crippen molar-refractivity contribution in [1.82, 2.24) is 9.80 Å². The molecule has 4 rings (SSSR count). The van der Waals surface area contributed by atoms with Crippen LogP contribution in [-0.4, -0.2) is 41.0 Å². The molecule has 0 radical (unpaired) electrons. The van der Waals surface area contributed by atoms with Gasteiger partial charge >= 0.3 is 0 Å². The summed E-state index contributed by atoms with van der Waals surface area (Å²) in [6, 6.07) is 21.7. The predicted molar refractivity (Wildman–Crippen MR) is 137 cm³/mol. The summed E-state index contributed by atoms with van der Waals surface area (Å²) in [7, 11) is 0. The molecule has 1 fully saturated rings. The molecular weight excluding hydrogens is 483 g/mol. The molecular formula is C25H23Cl3N2OS. The predicted octanol–water partition coefficient (Wildman–Crippen LogP) is 6.72. The third-order valence-electron chi connectivity index (χ3n) is 5.48. The summed E-state index contributed by atoms with van der Waals surface area (Å²) in [4.78, 5) is 5.41. The Hall–Kier alpha value is -1.82. The van der Waals surface area contributed by atoms with Crippen LogP contribution in [0.5, 0.6) is 5.75 Å². The molecule has 1 heterocycles. The van der Waals surface area contributed by atoms with Crippen molar-refractivity contribution in [2.75, 3.05) is 26.2 Å². The first-order chi connectivity index (χ1) is 15.5. The molecule has 0 aliphatic carbocycles. The van der Waals surface area contributed by atoms with Crippen molar-refractivity contribution < 1.29 is 4.74 Å². The van der Waals surface area contributed by atoms with E-state index in [4.69, 9.17) is 51.8 Å². The van der Waals surface area contributed by atoms with Gasteiger partial charge in [-0.15, -0.1) is 0 Å². The van der Waals surface area contributed by atoms with Crippen molar-refractivity contribution in [2.24, 2.45) is 0 Å². The van der Waals surface area contributed by atoms with Gasteiger partial charge < -0.3 is 9.64 Å². The number of benzene rings is 3. The van der Waals surface area contributed by atoms with Crippen LogP contribution in [0.3, 0.4) is 0 Å². The third kappa shape index (κ3) is 5.75. The Morgan fingerprint density at radius 1 is 0.812 bits per heavy atom. The van der Waals surface area contributed by atoms with Gasteiger partial charge in [0, 0.05) is 48.9 Å². The fraction of sp³-hybridized carbons (Fsp3) is 0.240. The van der Waals surface area contributed by atoms with Crippen molar-refractivity contribution in [3.05, 3.63) is 98.5 Å². The van der Waals surface area contributed by atoms with E-state index in [1.54, 1.807) is 0 Å². The monoisotopic (exact) mass is 504 g/mol. The number of hydrogen-bond donors (Lipinski definition) is 0. The quantitative estimate of drug-likeness (QED) is 0.345. The van der Waals surface area contributed by atoms with E-state index in [9.17, 15) is 0 Å². The Morgan fingerprint density at radius 2 is 1.44 bits per heavy atom. The van der Waals surface area contributed by atoms with Crippen LogP contribution in [0.15, 0.2) is 66.7 Å². The lowest BCUT2D eigenvalue weighted by atomic mass is 10.1. The molecule has 1 aliphatic heterocycles. The van der Waals surface area contributed by atoms with Crippen LogP contribution in [-0.2, 0) is 13.2 Å². The molecule has 0 unspecified atom stereocenters. The van der Waals surface area contributed by atoms with E-state index in [2.05, 4.69) is 34.1 Å². The largest absolute Gasteiger partial charge is 0.486 e. The average Bonchev–Trinajstić information content (AvgIpc) is 2.80. The number of ether oxygens (including phenoxy) is 1. The summed E-state index contributed by atoms with van der Waals surface area (Å²) in [5, 5.41) is 1.51. The minimum absolute atomic E-state index is 0.284. The van der Waals surface area contributed by atoms with Gasteiger partial charge in [0.1, 0.15) is 11.6 Å². The molecule has 7 heteroatoms. The van der Waals surface area contributed by atoms with Crippen LogP contribution >= 0.6 is 47.0 Å². The molecule has 0 aromatic heterocycles. The first-order valence-electron chi connectivity index (χ1n) is 10.4. The number of rotatable bonds is 6. The second-order valence-corrected chi connectivity index (χ2v) is 9.31. The van der Waals surface area contributed by atoms with E-state index < -0.39 is 0 Å². The normalized spacial score (nSPS) is 14.4. The van der Waals surface area contributed by atoms with Crippen LogP contribution in [0.1, 0.15) is 16.7 Å². The SMILES string of the molecule is S=C(c1cc(Cl)c(OCc2ccccc2Cl)c(Cl)c1)N1CCN(Cc2ccccc2)CC1. The van der Waals surface area contributed by atoms with E-state index in [-0.39, 0.29) is 6.61 Å². The number of halogens is 3. The molecule has 0 spiro atoms. The lowest BCUT2D eigenvalue weighted by molar-refractivity contribution is 0.177. The highest BCUT2D eigenvalue weighted by Crippen LogP contribution is 2.35. The van der Waals surface area contributed by atoms with E-state index in [0.717, 1.165) is 48.8 Å². The second kappa shape index (κ2) is 10.9. The molecule has 0 saturated carbocycles. The van der Waals surface area contributed by atoms with Crippen molar-refractivity contribution in [3.63, 3.8) is 0 Å². The van der Waals surface area contributed by atoms with E-state index in [1.807, 2.05) is 42.5 Å². The summed E-state index contributed by atoms with van der Waals surface area (Å²) in [5.41, 5.74) is 3.03. The minimum Gasteiger partial charge on any atom is -0.486 e. The Kier molecular flexibility index (Phi) is 7.93. The van der Waals surface area contributed by atoms with Crippen LogP contribution in [0.4, 0.5) is 0 Å². The summed E-state index contributed by atoms with van der Waals surface area (Å²) in [6.07, 6.45) is 0. The Morgan fingerprint density at radius 3 is 2.09 bits per heavy atom. The summed E-state index contributed by atoms with van der Waals surface area (Å²) >= 11 is 25.0. The topological polar surface area (TPSA) is 15.7 Å². The Labute approximate surface area is 209 Å². The van der Waals surface area contributed by atoms with Gasteiger partial charge in [-0.3, -0.25) is 4.90 Å². The lowest BCUT2D eigenvalue weighted by Gasteiger charge is -2.36. The maximum absolute atomic E-state index is 6.51. The number of nitrogens with zero attached hydrogens (tertiary/aromatic N) is 2. The van der Waals surface area contributed by atoms with Gasteiger partial charge in [-0.2, -0.15) is 0 Å². The van der Waals surface area contributed by atoms with Gasteiger partial charge in [0.25, 0.3) is 0 Å². The summed E-state index contributed by atoms with van der Waals surface area (Å²) in [6.45, 7) is 4.88. The van der Waals surface area contributed by atoms with Gasteiger partial charge in [0.15, 0.2) is 5.75 Å². The van der Waals surface area contributed by atoms with Crippen molar-refractivity contribution in [3.8, 4) is 5.75 Å². The molecule has 3 nitrogen and oxygen atoms in total. The molecule has 0 amide bonds. The van der Waals surface area contributed by atoms with Crippen LogP contribution in [0.25, 0.3) is 0 Å². The minimum atomic E-state index is 0.284. The summed E-state index contributed by atoms with van der Waals surface area (Å²) < 4.78 is 5.87. The fourth-order valence-electron chi connectivity index (χ4n) is 3.72. The average molecular weight is 506 g/mol. The molecule has 3 aromatic carbocycles. The van der Waals surface area contributed by atoms with E-state index in [1.165, 1.54) is 5.56 Å². The maximum Gasteiger partial charge on any atom is 0.157 e. The van der Waals surface area contributed by atoms with Crippen molar-refractivity contribution >= 4 is 52.0 Å². The number of piperazine rings is 1. The molecule has 1 saturated heterocycles. The van der Waals surface area contributed by atoms with Crippen LogP contribution in [0.2, 0.25) is 15.1 Å². The zero-order chi connectivity index (χ0) is 22.5. The van der Waals surface area contributed by atoms with E-state index in [0.29, 0.717) is 20.8 Å². The molecule has 1 aliphatic rings. The second-order valence-electron chi connectivity index (χ2n) is 7.70. The molecule has 166 valence electrons. The summed E-state index contributed by atoms with van der Waals surface area (Å²) in [5.74, 6) is 0.437. The lowest BCUT2D eigenvalue weighted by Crippen LogP contribution is -2.48. The maximum atomic E-state index is 6.51. The molecule has 32 heavy (non-hydrogen) atoms. The van der Waals surface area contributed by atoms with E-state index >= 15 is 0 Å². The van der Waals surface area contributed by atoms with Gasteiger partial charge in [0.05, 0.1) is 10.0 Å². The Bertz CT molecular complexity index is 1060. The van der Waals surface area contributed by atoms with Gasteiger partial charge in [0.2, 0.25) is 0 Å². The zero-order valence-electron chi connectivity index (χ0n) is 17.4.